The molecule has 146 valence electrons. The van der Waals surface area contributed by atoms with Crippen molar-refractivity contribution in [2.24, 2.45) is 0 Å². The van der Waals surface area contributed by atoms with Crippen LogP contribution in [0.15, 0.2) is 53.4 Å². The van der Waals surface area contributed by atoms with Crippen molar-refractivity contribution in [2.45, 2.75) is 44.0 Å². The lowest BCUT2D eigenvalue weighted by Crippen LogP contribution is -2.28. The van der Waals surface area contributed by atoms with Crippen molar-refractivity contribution in [1.29, 1.82) is 0 Å². The molecule has 0 saturated carbocycles. The number of ether oxygens (including phenoxy) is 1. The smallest absolute Gasteiger partial charge is 0.220 e. The normalized spacial score (nSPS) is 12.4. The molecule has 0 heterocycles. The molecule has 0 aliphatic carbocycles. The van der Waals surface area contributed by atoms with E-state index in [4.69, 9.17) is 4.74 Å². The largest absolute Gasteiger partial charge is 0.494 e. The number of hydrogen-bond donors (Lipinski definition) is 1. The third-order valence-electron chi connectivity index (χ3n) is 4.29. The van der Waals surface area contributed by atoms with Crippen molar-refractivity contribution < 1.29 is 17.9 Å². The molecule has 0 radical (unpaired) electrons. The summed E-state index contributed by atoms with van der Waals surface area (Å²) in [5.74, 6) is 0.764. The number of amides is 1. The monoisotopic (exact) mass is 389 g/mol. The molecule has 5 nitrogen and oxygen atoms in total. The van der Waals surface area contributed by atoms with Gasteiger partial charge in [-0.3, -0.25) is 4.79 Å². The Kier molecular flexibility index (Phi) is 7.42. The fourth-order valence-electron chi connectivity index (χ4n) is 2.69. The van der Waals surface area contributed by atoms with E-state index in [1.807, 2.05) is 38.1 Å². The summed E-state index contributed by atoms with van der Waals surface area (Å²) in [6.45, 7) is 4.49. The second kappa shape index (κ2) is 9.55. The average Bonchev–Trinajstić information content (AvgIpc) is 2.64. The van der Waals surface area contributed by atoms with Crippen LogP contribution in [0, 0.1) is 6.92 Å². The molecule has 2 aromatic rings. The predicted octanol–water partition coefficient (Wildman–Crippen LogP) is 3.83. The number of carbonyl (C=O) groups is 1. The van der Waals surface area contributed by atoms with E-state index in [0.29, 0.717) is 19.4 Å². The maximum atomic E-state index is 12.2. The van der Waals surface area contributed by atoms with Crippen LogP contribution in [0.2, 0.25) is 0 Å². The molecule has 0 aliphatic rings. The minimum absolute atomic E-state index is 0.0402. The molecular weight excluding hydrogens is 362 g/mol. The molecular formula is C21H27NO4S. The maximum absolute atomic E-state index is 12.2. The highest BCUT2D eigenvalue weighted by Crippen LogP contribution is 2.19. The van der Waals surface area contributed by atoms with E-state index < -0.39 is 9.84 Å². The Bertz CT molecular complexity index is 843. The van der Waals surface area contributed by atoms with Crippen LogP contribution < -0.4 is 10.1 Å². The van der Waals surface area contributed by atoms with E-state index in [1.54, 1.807) is 24.3 Å². The zero-order valence-corrected chi connectivity index (χ0v) is 16.9. The molecule has 2 rings (SSSR count). The van der Waals surface area contributed by atoms with Crippen molar-refractivity contribution >= 4 is 15.7 Å². The summed E-state index contributed by atoms with van der Waals surface area (Å²) in [5.41, 5.74) is 2.08. The van der Waals surface area contributed by atoms with Crippen LogP contribution in [-0.2, 0) is 14.6 Å². The van der Waals surface area contributed by atoms with Crippen LogP contribution in [-0.4, -0.2) is 27.2 Å². The molecule has 0 spiro atoms. The first-order valence-electron chi connectivity index (χ1n) is 9.08. The molecule has 27 heavy (non-hydrogen) atoms. The van der Waals surface area contributed by atoms with Crippen LogP contribution >= 0.6 is 0 Å². The number of nitrogens with one attached hydrogen (secondary N) is 1. The summed E-state index contributed by atoms with van der Waals surface area (Å²) in [7, 11) is -3.22. The van der Waals surface area contributed by atoms with Gasteiger partial charge in [0.2, 0.25) is 5.91 Å². The van der Waals surface area contributed by atoms with Crippen molar-refractivity contribution in [3.05, 3.63) is 59.7 Å². The topological polar surface area (TPSA) is 72.5 Å². The van der Waals surface area contributed by atoms with E-state index in [1.165, 1.54) is 11.8 Å². The Morgan fingerprint density at radius 2 is 1.70 bits per heavy atom. The highest BCUT2D eigenvalue weighted by molar-refractivity contribution is 7.90. The van der Waals surface area contributed by atoms with Gasteiger partial charge in [-0.1, -0.05) is 36.8 Å². The molecule has 0 unspecified atom stereocenters. The number of carbonyl (C=O) groups excluding carboxylic acids is 1. The van der Waals surface area contributed by atoms with Gasteiger partial charge in [0, 0.05) is 12.7 Å². The first-order valence-corrected chi connectivity index (χ1v) is 11.0. The number of benzene rings is 2. The lowest BCUT2D eigenvalue weighted by molar-refractivity contribution is -0.122. The lowest BCUT2D eigenvalue weighted by atomic mass is 10.0. The first-order chi connectivity index (χ1) is 12.8. The Morgan fingerprint density at radius 1 is 1.07 bits per heavy atom. The van der Waals surface area contributed by atoms with Gasteiger partial charge in [-0.15, -0.1) is 0 Å². The quantitative estimate of drug-likeness (QED) is 0.662. The van der Waals surface area contributed by atoms with Crippen LogP contribution in [0.1, 0.15) is 43.4 Å². The highest BCUT2D eigenvalue weighted by atomic mass is 32.2. The van der Waals surface area contributed by atoms with Crippen LogP contribution in [0.5, 0.6) is 5.75 Å². The second-order valence-corrected chi connectivity index (χ2v) is 8.65. The van der Waals surface area contributed by atoms with E-state index in [9.17, 15) is 13.2 Å². The Balaban J connectivity index is 1.81. The predicted molar refractivity (Wildman–Crippen MR) is 107 cm³/mol. The van der Waals surface area contributed by atoms with E-state index in [-0.39, 0.29) is 16.8 Å². The zero-order chi connectivity index (χ0) is 19.9. The van der Waals surface area contributed by atoms with Crippen molar-refractivity contribution in [1.82, 2.24) is 5.32 Å². The molecule has 1 atom stereocenters. The molecule has 0 bridgehead atoms. The van der Waals surface area contributed by atoms with Crippen LogP contribution in [0.3, 0.4) is 0 Å². The summed E-state index contributed by atoms with van der Waals surface area (Å²) in [5, 5.41) is 3.00. The molecule has 6 heteroatoms. The van der Waals surface area contributed by atoms with Gasteiger partial charge in [-0.2, -0.15) is 0 Å². The van der Waals surface area contributed by atoms with E-state index in [2.05, 4.69) is 5.32 Å². The minimum atomic E-state index is -3.22. The summed E-state index contributed by atoms with van der Waals surface area (Å²) in [6, 6.07) is 14.3. The number of hydrogen-bond acceptors (Lipinski definition) is 4. The Morgan fingerprint density at radius 3 is 2.26 bits per heavy atom. The van der Waals surface area contributed by atoms with Gasteiger partial charge in [0.1, 0.15) is 5.75 Å². The third kappa shape index (κ3) is 6.71. The molecule has 0 aliphatic heterocycles. The average molecular weight is 390 g/mol. The van der Waals surface area contributed by atoms with Gasteiger partial charge >= 0.3 is 0 Å². The number of rotatable bonds is 9. The summed E-state index contributed by atoms with van der Waals surface area (Å²) in [6.07, 6.45) is 2.91. The molecule has 0 fully saturated rings. The Labute approximate surface area is 161 Å². The third-order valence-corrected chi connectivity index (χ3v) is 5.42. The first kappa shape index (κ1) is 21.0. The van der Waals surface area contributed by atoms with Crippen molar-refractivity contribution in [3.63, 3.8) is 0 Å². The van der Waals surface area contributed by atoms with Gasteiger partial charge in [-0.25, -0.2) is 8.42 Å². The summed E-state index contributed by atoms with van der Waals surface area (Å²) in [4.78, 5) is 12.5. The minimum Gasteiger partial charge on any atom is -0.494 e. The van der Waals surface area contributed by atoms with Gasteiger partial charge in [0.05, 0.1) is 17.5 Å². The standard InChI is InChI=1S/C21H27NO4S/c1-4-20(17-9-13-19(14-10-17)27(3,24)25)22-21(23)6-5-15-26-18-11-7-16(2)8-12-18/h7-14,20H,4-6,15H2,1-3H3,(H,22,23)/t20-/m0/s1. The molecule has 0 saturated heterocycles. The maximum Gasteiger partial charge on any atom is 0.220 e. The SMILES string of the molecule is CC[C@H](NC(=O)CCCOc1ccc(C)cc1)c1ccc(S(C)(=O)=O)cc1. The molecule has 1 N–H and O–H groups in total. The van der Waals surface area contributed by atoms with Crippen LogP contribution in [0.4, 0.5) is 0 Å². The van der Waals surface area contributed by atoms with Crippen LogP contribution in [0.25, 0.3) is 0 Å². The molecule has 2 aromatic carbocycles. The number of sulfone groups is 1. The van der Waals surface area contributed by atoms with Gasteiger partial charge in [-0.05, 0) is 49.6 Å². The van der Waals surface area contributed by atoms with Gasteiger partial charge in [0.15, 0.2) is 9.84 Å². The Hall–Kier alpha value is -2.34. The summed E-state index contributed by atoms with van der Waals surface area (Å²) >= 11 is 0. The zero-order valence-electron chi connectivity index (χ0n) is 16.1. The second-order valence-electron chi connectivity index (χ2n) is 6.63. The molecule has 1 amide bonds. The van der Waals surface area contributed by atoms with Gasteiger partial charge in [0.25, 0.3) is 0 Å². The lowest BCUT2D eigenvalue weighted by Gasteiger charge is -2.18. The van der Waals surface area contributed by atoms with E-state index >= 15 is 0 Å². The van der Waals surface area contributed by atoms with Gasteiger partial charge < -0.3 is 10.1 Å². The van der Waals surface area contributed by atoms with E-state index in [0.717, 1.165) is 17.7 Å². The summed E-state index contributed by atoms with van der Waals surface area (Å²) < 4.78 is 28.7. The van der Waals surface area contributed by atoms with Crippen molar-refractivity contribution in [2.75, 3.05) is 12.9 Å². The number of aryl methyl sites for hydroxylation is 1. The van der Waals surface area contributed by atoms with Crippen molar-refractivity contribution in [3.8, 4) is 5.75 Å². The fraction of sp³-hybridized carbons (Fsp3) is 0.381. The fourth-order valence-corrected chi connectivity index (χ4v) is 3.32. The highest BCUT2D eigenvalue weighted by Gasteiger charge is 2.14. The molecule has 0 aromatic heterocycles.